The molecule has 0 radical (unpaired) electrons. The van der Waals surface area contributed by atoms with Crippen molar-refractivity contribution in [2.75, 3.05) is 6.61 Å². The summed E-state index contributed by atoms with van der Waals surface area (Å²) in [6.07, 6.45) is 2.83. The van der Waals surface area contributed by atoms with E-state index in [1.54, 1.807) is 0 Å². The Hall–Kier alpha value is -1.91. The first-order valence-corrected chi connectivity index (χ1v) is 5.07. The summed E-state index contributed by atoms with van der Waals surface area (Å²) in [5.74, 6) is 0.771. The molecule has 0 heterocycles. The van der Waals surface area contributed by atoms with Crippen LogP contribution in [0.25, 0.3) is 0 Å². The fourth-order valence-electron chi connectivity index (χ4n) is 1.36. The third kappa shape index (κ3) is 2.36. The van der Waals surface area contributed by atoms with Crippen LogP contribution in [0.15, 0.2) is 18.2 Å². The van der Waals surface area contributed by atoms with E-state index in [4.69, 9.17) is 4.74 Å². The number of rotatable bonds is 5. The van der Waals surface area contributed by atoms with Gasteiger partial charge >= 0.3 is 5.69 Å². The van der Waals surface area contributed by atoms with Gasteiger partial charge in [-0.1, -0.05) is 0 Å². The highest BCUT2D eigenvalue weighted by molar-refractivity contribution is 5.77. The highest BCUT2D eigenvalue weighted by Gasteiger charge is 2.24. The van der Waals surface area contributed by atoms with Crippen molar-refractivity contribution in [3.05, 3.63) is 33.9 Å². The van der Waals surface area contributed by atoms with E-state index in [0.717, 1.165) is 12.8 Å². The van der Waals surface area contributed by atoms with Crippen molar-refractivity contribution < 1.29 is 14.5 Å². The molecule has 1 aromatic rings. The van der Waals surface area contributed by atoms with Gasteiger partial charge in [-0.2, -0.15) is 0 Å². The van der Waals surface area contributed by atoms with E-state index in [1.165, 1.54) is 18.2 Å². The lowest BCUT2D eigenvalue weighted by Crippen LogP contribution is -2.02. The molecule has 1 fully saturated rings. The second-order valence-corrected chi connectivity index (χ2v) is 3.86. The molecule has 0 spiro atoms. The fourth-order valence-corrected chi connectivity index (χ4v) is 1.36. The van der Waals surface area contributed by atoms with Crippen LogP contribution < -0.4 is 4.74 Å². The minimum absolute atomic E-state index is 0.148. The minimum atomic E-state index is -0.533. The first-order chi connectivity index (χ1) is 7.70. The predicted octanol–water partition coefficient (Wildman–Crippen LogP) is 2.20. The highest BCUT2D eigenvalue weighted by atomic mass is 16.6. The third-order valence-corrected chi connectivity index (χ3v) is 2.49. The van der Waals surface area contributed by atoms with Crippen molar-refractivity contribution in [2.45, 2.75) is 12.8 Å². The topological polar surface area (TPSA) is 69.4 Å². The van der Waals surface area contributed by atoms with Crippen LogP contribution in [0.3, 0.4) is 0 Å². The quantitative estimate of drug-likeness (QED) is 0.434. The molecule has 5 heteroatoms. The van der Waals surface area contributed by atoms with E-state index in [0.29, 0.717) is 18.8 Å². The van der Waals surface area contributed by atoms with E-state index in [2.05, 4.69) is 0 Å². The van der Waals surface area contributed by atoms with Gasteiger partial charge in [0.15, 0.2) is 5.75 Å². The SMILES string of the molecule is O=Cc1ccc(OCC2CC2)c([N+](=O)[O-])c1. The van der Waals surface area contributed by atoms with Gasteiger partial charge in [-0.25, -0.2) is 0 Å². The number of benzene rings is 1. The summed E-state index contributed by atoms with van der Waals surface area (Å²) < 4.78 is 5.36. The largest absolute Gasteiger partial charge is 0.487 e. The average Bonchev–Trinajstić information content (AvgIpc) is 3.09. The van der Waals surface area contributed by atoms with Gasteiger partial charge in [0.25, 0.3) is 0 Å². The molecule has 16 heavy (non-hydrogen) atoms. The van der Waals surface area contributed by atoms with Gasteiger partial charge in [0, 0.05) is 11.6 Å². The number of carbonyl (C=O) groups excluding carboxylic acids is 1. The third-order valence-electron chi connectivity index (χ3n) is 2.49. The Morgan fingerprint density at radius 2 is 2.25 bits per heavy atom. The molecule has 1 saturated carbocycles. The molecule has 0 bridgehead atoms. The van der Waals surface area contributed by atoms with Crippen LogP contribution in [-0.4, -0.2) is 17.8 Å². The molecule has 0 saturated heterocycles. The first-order valence-electron chi connectivity index (χ1n) is 5.07. The van der Waals surface area contributed by atoms with Crippen LogP contribution in [0.4, 0.5) is 5.69 Å². The summed E-state index contributed by atoms with van der Waals surface area (Å²) >= 11 is 0. The smallest absolute Gasteiger partial charge is 0.311 e. The van der Waals surface area contributed by atoms with Crippen LogP contribution >= 0.6 is 0 Å². The molecule has 0 unspecified atom stereocenters. The average molecular weight is 221 g/mol. The molecule has 0 aliphatic heterocycles. The van der Waals surface area contributed by atoms with Gasteiger partial charge in [-0.15, -0.1) is 0 Å². The maximum absolute atomic E-state index is 10.8. The molecule has 84 valence electrons. The number of carbonyl (C=O) groups is 1. The molecule has 0 N–H and O–H groups in total. The molecule has 1 aliphatic rings. The van der Waals surface area contributed by atoms with Crippen molar-refractivity contribution in [2.24, 2.45) is 5.92 Å². The standard InChI is InChI=1S/C11H11NO4/c13-6-9-3-4-11(10(5-9)12(14)15)16-7-8-1-2-8/h3-6,8H,1-2,7H2. The molecular formula is C11H11NO4. The van der Waals surface area contributed by atoms with Crippen molar-refractivity contribution in [3.8, 4) is 5.75 Å². The lowest BCUT2D eigenvalue weighted by atomic mass is 10.2. The number of hydrogen-bond acceptors (Lipinski definition) is 4. The summed E-state index contributed by atoms with van der Waals surface area (Å²) in [7, 11) is 0. The van der Waals surface area contributed by atoms with E-state index < -0.39 is 4.92 Å². The van der Waals surface area contributed by atoms with Crippen LogP contribution in [-0.2, 0) is 0 Å². The molecule has 0 atom stereocenters. The van der Waals surface area contributed by atoms with Crippen molar-refractivity contribution >= 4 is 12.0 Å². The molecule has 0 amide bonds. The second kappa shape index (κ2) is 4.30. The Morgan fingerprint density at radius 1 is 1.50 bits per heavy atom. The lowest BCUT2D eigenvalue weighted by molar-refractivity contribution is -0.385. The van der Waals surface area contributed by atoms with Crippen LogP contribution in [0.2, 0.25) is 0 Å². The fraction of sp³-hybridized carbons (Fsp3) is 0.364. The summed E-state index contributed by atoms with van der Waals surface area (Å²) in [5.41, 5.74) is 0.135. The lowest BCUT2D eigenvalue weighted by Gasteiger charge is -2.05. The van der Waals surface area contributed by atoms with E-state index in [9.17, 15) is 14.9 Å². The Balaban J connectivity index is 2.19. The zero-order valence-electron chi connectivity index (χ0n) is 8.59. The number of nitro groups is 1. The summed E-state index contributed by atoms with van der Waals surface area (Å²) in [5, 5.41) is 10.8. The Kier molecular flexibility index (Phi) is 2.85. The Bertz CT molecular complexity index is 426. The number of hydrogen-bond donors (Lipinski definition) is 0. The van der Waals surface area contributed by atoms with E-state index in [1.807, 2.05) is 0 Å². The normalized spacial score (nSPS) is 14.5. The van der Waals surface area contributed by atoms with E-state index >= 15 is 0 Å². The Morgan fingerprint density at radius 3 is 2.81 bits per heavy atom. The highest BCUT2D eigenvalue weighted by Crippen LogP contribution is 2.32. The Labute approximate surface area is 92.2 Å². The maximum atomic E-state index is 10.8. The zero-order valence-corrected chi connectivity index (χ0v) is 8.59. The van der Waals surface area contributed by atoms with Crippen LogP contribution in [0, 0.1) is 16.0 Å². The summed E-state index contributed by atoms with van der Waals surface area (Å²) in [6, 6.07) is 4.22. The maximum Gasteiger partial charge on any atom is 0.311 e. The van der Waals surface area contributed by atoms with E-state index in [-0.39, 0.29) is 17.0 Å². The van der Waals surface area contributed by atoms with Gasteiger partial charge in [0.1, 0.15) is 6.29 Å². The van der Waals surface area contributed by atoms with Gasteiger partial charge in [0.2, 0.25) is 0 Å². The number of ether oxygens (including phenoxy) is 1. The predicted molar refractivity (Wildman–Crippen MR) is 56.7 cm³/mol. The number of nitro benzene ring substituents is 1. The monoisotopic (exact) mass is 221 g/mol. The van der Waals surface area contributed by atoms with Gasteiger partial charge in [-0.05, 0) is 30.9 Å². The van der Waals surface area contributed by atoms with Crippen LogP contribution in [0.5, 0.6) is 5.75 Å². The van der Waals surface area contributed by atoms with Gasteiger partial charge < -0.3 is 4.74 Å². The second-order valence-electron chi connectivity index (χ2n) is 3.86. The minimum Gasteiger partial charge on any atom is -0.487 e. The van der Waals surface area contributed by atoms with Crippen molar-refractivity contribution in [1.29, 1.82) is 0 Å². The van der Waals surface area contributed by atoms with Crippen molar-refractivity contribution in [3.63, 3.8) is 0 Å². The molecule has 0 aromatic heterocycles. The zero-order chi connectivity index (χ0) is 11.5. The van der Waals surface area contributed by atoms with Gasteiger partial charge in [0.05, 0.1) is 11.5 Å². The van der Waals surface area contributed by atoms with Gasteiger partial charge in [-0.3, -0.25) is 14.9 Å². The molecular weight excluding hydrogens is 210 g/mol. The summed E-state index contributed by atoms with van der Waals surface area (Å²) in [4.78, 5) is 20.7. The molecule has 1 aromatic carbocycles. The summed E-state index contributed by atoms with van der Waals surface area (Å²) in [6.45, 7) is 0.515. The van der Waals surface area contributed by atoms with Crippen LogP contribution in [0.1, 0.15) is 23.2 Å². The molecule has 2 rings (SSSR count). The van der Waals surface area contributed by atoms with Crippen molar-refractivity contribution in [1.82, 2.24) is 0 Å². The molecule has 1 aliphatic carbocycles. The first kappa shape index (κ1) is 10.6. The number of nitrogens with zero attached hydrogens (tertiary/aromatic N) is 1. The number of aldehydes is 1. The molecule has 5 nitrogen and oxygen atoms in total.